The van der Waals surface area contributed by atoms with Crippen LogP contribution in [0.1, 0.15) is 5.56 Å². The van der Waals surface area contributed by atoms with Crippen LogP contribution in [0.2, 0.25) is 0 Å². The van der Waals surface area contributed by atoms with Gasteiger partial charge in [-0.05, 0) is 39.7 Å². The molecule has 1 heterocycles. The molecule has 0 radical (unpaired) electrons. The molecule has 0 aliphatic heterocycles. The number of carbonyl (C=O) groups is 1. The lowest BCUT2D eigenvalue weighted by molar-refractivity contribution is -0.162. The van der Waals surface area contributed by atoms with E-state index in [1.54, 1.807) is 25.4 Å². The zero-order chi connectivity index (χ0) is 11.3. The van der Waals surface area contributed by atoms with E-state index < -0.39 is 0 Å². The Balaban J connectivity index is 2.69. The third-order valence-corrected chi connectivity index (χ3v) is 2.19. The number of carbonyl (C=O) groups excluding carboxylic acids is 1. The summed E-state index contributed by atoms with van der Waals surface area (Å²) in [4.78, 5) is 20.0. The minimum absolute atomic E-state index is 0.217. The molecule has 0 saturated heterocycles. The quantitative estimate of drug-likeness (QED) is 0.479. The lowest BCUT2D eigenvalue weighted by Gasteiger charge is -2.09. The van der Waals surface area contributed by atoms with Crippen LogP contribution in [0.5, 0.6) is 0 Å². The second-order valence-corrected chi connectivity index (χ2v) is 3.58. The molecule has 0 N–H and O–H groups in total. The van der Waals surface area contributed by atoms with Crippen molar-refractivity contribution in [2.75, 3.05) is 14.2 Å². The predicted molar refractivity (Wildman–Crippen MR) is 60.8 cm³/mol. The van der Waals surface area contributed by atoms with Crippen LogP contribution in [0.4, 0.5) is 0 Å². The molecule has 0 saturated carbocycles. The SMILES string of the molecule is CON(C)C(=O)C=Cc1ccnc(Br)c1. The van der Waals surface area contributed by atoms with Crippen LogP contribution in [0, 0.1) is 0 Å². The highest BCUT2D eigenvalue weighted by atomic mass is 79.9. The average Bonchev–Trinajstić information content (AvgIpc) is 2.25. The van der Waals surface area contributed by atoms with Crippen LogP contribution in [0.15, 0.2) is 29.0 Å². The molecule has 5 heteroatoms. The van der Waals surface area contributed by atoms with Crippen LogP contribution in [-0.2, 0) is 9.63 Å². The summed E-state index contributed by atoms with van der Waals surface area (Å²) in [5, 5.41) is 1.15. The molecular formula is C10H11BrN2O2. The van der Waals surface area contributed by atoms with Crippen LogP contribution in [0.3, 0.4) is 0 Å². The third-order valence-electron chi connectivity index (χ3n) is 1.75. The summed E-state index contributed by atoms with van der Waals surface area (Å²) in [5.41, 5.74) is 0.898. The van der Waals surface area contributed by atoms with Gasteiger partial charge in [0.2, 0.25) is 0 Å². The Morgan fingerprint density at radius 2 is 2.40 bits per heavy atom. The first kappa shape index (κ1) is 11.9. The van der Waals surface area contributed by atoms with Gasteiger partial charge in [-0.3, -0.25) is 9.63 Å². The summed E-state index contributed by atoms with van der Waals surface area (Å²) in [6.07, 6.45) is 4.80. The van der Waals surface area contributed by atoms with Crippen LogP contribution < -0.4 is 0 Å². The van der Waals surface area contributed by atoms with Gasteiger partial charge in [-0.2, -0.15) is 0 Å². The van der Waals surface area contributed by atoms with Crippen molar-refractivity contribution in [2.24, 2.45) is 0 Å². The predicted octanol–water partition coefficient (Wildman–Crippen LogP) is 1.88. The van der Waals surface area contributed by atoms with Crippen molar-refractivity contribution >= 4 is 27.9 Å². The molecule has 4 nitrogen and oxygen atoms in total. The zero-order valence-electron chi connectivity index (χ0n) is 8.48. The number of amides is 1. The maximum Gasteiger partial charge on any atom is 0.269 e. The van der Waals surface area contributed by atoms with E-state index in [4.69, 9.17) is 4.84 Å². The largest absolute Gasteiger partial charge is 0.274 e. The maximum atomic E-state index is 11.3. The van der Waals surface area contributed by atoms with E-state index in [0.717, 1.165) is 15.2 Å². The second-order valence-electron chi connectivity index (χ2n) is 2.76. The van der Waals surface area contributed by atoms with Gasteiger partial charge in [-0.15, -0.1) is 0 Å². The molecule has 1 amide bonds. The molecule has 1 aromatic rings. The van der Waals surface area contributed by atoms with E-state index in [9.17, 15) is 4.79 Å². The number of hydrogen-bond acceptors (Lipinski definition) is 3. The summed E-state index contributed by atoms with van der Waals surface area (Å²) in [7, 11) is 2.99. The monoisotopic (exact) mass is 270 g/mol. The first-order chi connectivity index (χ1) is 7.13. The van der Waals surface area contributed by atoms with Gasteiger partial charge in [0.1, 0.15) is 4.60 Å². The summed E-state index contributed by atoms with van der Waals surface area (Å²) < 4.78 is 0.734. The molecule has 0 aromatic carbocycles. The minimum Gasteiger partial charge on any atom is -0.274 e. The first-order valence-corrected chi connectivity index (χ1v) is 5.04. The lowest BCUT2D eigenvalue weighted by Crippen LogP contribution is -2.22. The molecular weight excluding hydrogens is 260 g/mol. The van der Waals surface area contributed by atoms with Gasteiger partial charge in [0.15, 0.2) is 0 Å². The number of likely N-dealkylation sites (N-methyl/N-ethyl adjacent to an activating group) is 1. The number of halogens is 1. The standard InChI is InChI=1S/C10H11BrN2O2/c1-13(15-2)10(14)4-3-8-5-6-12-9(11)7-8/h3-7H,1-2H3. The Kier molecular flexibility index (Phi) is 4.45. The topological polar surface area (TPSA) is 42.4 Å². The Labute approximate surface area is 96.6 Å². The van der Waals surface area contributed by atoms with Crippen molar-refractivity contribution in [2.45, 2.75) is 0 Å². The Morgan fingerprint density at radius 3 is 3.00 bits per heavy atom. The number of nitrogens with zero attached hydrogens (tertiary/aromatic N) is 2. The molecule has 1 aromatic heterocycles. The molecule has 0 unspecified atom stereocenters. The van der Waals surface area contributed by atoms with Gasteiger partial charge in [0.25, 0.3) is 5.91 Å². The summed E-state index contributed by atoms with van der Waals surface area (Å²) in [5.74, 6) is -0.217. The molecule has 0 atom stereocenters. The van der Waals surface area contributed by atoms with Gasteiger partial charge in [0.05, 0.1) is 7.11 Å². The first-order valence-electron chi connectivity index (χ1n) is 4.25. The fourth-order valence-corrected chi connectivity index (χ4v) is 1.27. The van der Waals surface area contributed by atoms with Gasteiger partial charge in [0, 0.05) is 19.3 Å². The highest BCUT2D eigenvalue weighted by Gasteiger charge is 2.01. The van der Waals surface area contributed by atoms with Gasteiger partial charge in [-0.1, -0.05) is 0 Å². The van der Waals surface area contributed by atoms with Crippen molar-refractivity contribution < 1.29 is 9.63 Å². The van der Waals surface area contributed by atoms with E-state index in [1.807, 2.05) is 6.07 Å². The Bertz CT molecular complexity index is 379. The summed E-state index contributed by atoms with van der Waals surface area (Å²) in [6, 6.07) is 3.62. The van der Waals surface area contributed by atoms with Gasteiger partial charge < -0.3 is 0 Å². The molecule has 80 valence electrons. The summed E-state index contributed by atoms with van der Waals surface area (Å²) >= 11 is 3.25. The maximum absolute atomic E-state index is 11.3. The molecule has 0 fully saturated rings. The van der Waals surface area contributed by atoms with Crippen LogP contribution in [-0.4, -0.2) is 30.1 Å². The Hall–Kier alpha value is -1.20. The average molecular weight is 271 g/mol. The number of aromatic nitrogens is 1. The fourth-order valence-electron chi connectivity index (χ4n) is 0.884. The zero-order valence-corrected chi connectivity index (χ0v) is 10.1. The minimum atomic E-state index is -0.217. The number of hydroxylamine groups is 2. The smallest absolute Gasteiger partial charge is 0.269 e. The van der Waals surface area contributed by atoms with E-state index in [1.165, 1.54) is 13.2 Å². The number of rotatable bonds is 3. The highest BCUT2D eigenvalue weighted by molar-refractivity contribution is 9.10. The molecule has 0 bridgehead atoms. The van der Waals surface area contributed by atoms with E-state index >= 15 is 0 Å². The van der Waals surface area contributed by atoms with E-state index in [-0.39, 0.29) is 5.91 Å². The van der Waals surface area contributed by atoms with E-state index in [0.29, 0.717) is 0 Å². The van der Waals surface area contributed by atoms with Crippen molar-refractivity contribution in [3.8, 4) is 0 Å². The molecule has 0 spiro atoms. The van der Waals surface area contributed by atoms with Gasteiger partial charge in [-0.25, -0.2) is 10.0 Å². The molecule has 0 aliphatic carbocycles. The number of pyridine rings is 1. The van der Waals surface area contributed by atoms with Crippen LogP contribution in [0.25, 0.3) is 6.08 Å². The second kappa shape index (κ2) is 5.63. The molecule has 1 rings (SSSR count). The van der Waals surface area contributed by atoms with Crippen molar-refractivity contribution in [3.05, 3.63) is 34.6 Å². The molecule has 0 aliphatic rings. The lowest BCUT2D eigenvalue weighted by atomic mass is 10.2. The fraction of sp³-hybridized carbons (Fsp3) is 0.200. The van der Waals surface area contributed by atoms with E-state index in [2.05, 4.69) is 20.9 Å². The number of hydrogen-bond donors (Lipinski definition) is 0. The highest BCUT2D eigenvalue weighted by Crippen LogP contribution is 2.09. The Morgan fingerprint density at radius 1 is 1.67 bits per heavy atom. The third kappa shape index (κ3) is 3.81. The van der Waals surface area contributed by atoms with Crippen molar-refractivity contribution in [1.29, 1.82) is 0 Å². The van der Waals surface area contributed by atoms with Crippen molar-refractivity contribution in [3.63, 3.8) is 0 Å². The summed E-state index contributed by atoms with van der Waals surface area (Å²) in [6.45, 7) is 0. The van der Waals surface area contributed by atoms with Gasteiger partial charge >= 0.3 is 0 Å². The van der Waals surface area contributed by atoms with Crippen molar-refractivity contribution in [1.82, 2.24) is 10.0 Å². The normalized spacial score (nSPS) is 10.6. The van der Waals surface area contributed by atoms with Crippen LogP contribution >= 0.6 is 15.9 Å². The molecule has 15 heavy (non-hydrogen) atoms.